The van der Waals surface area contributed by atoms with E-state index in [0.717, 1.165) is 90.5 Å². The lowest BCUT2D eigenvalue weighted by atomic mass is 10.2. The van der Waals surface area contributed by atoms with Crippen molar-refractivity contribution in [2.24, 2.45) is 0 Å². The molecule has 4 rings (SSSR count). The lowest BCUT2D eigenvalue weighted by Gasteiger charge is -2.35. The fourth-order valence-electron chi connectivity index (χ4n) is 4.84. The van der Waals surface area contributed by atoms with Crippen LogP contribution in [0.25, 0.3) is 0 Å². The minimum absolute atomic E-state index is 0.0240. The van der Waals surface area contributed by atoms with Crippen LogP contribution in [0.4, 0.5) is 11.4 Å². The van der Waals surface area contributed by atoms with Crippen LogP contribution in [0.15, 0.2) is 24.3 Å². The molecule has 8 heteroatoms. The van der Waals surface area contributed by atoms with Gasteiger partial charge in [-0.05, 0) is 43.7 Å². The number of carbonyl (C=O) groups is 2. The van der Waals surface area contributed by atoms with Crippen LogP contribution in [0.1, 0.15) is 19.8 Å². The maximum absolute atomic E-state index is 12.5. The first-order chi connectivity index (χ1) is 15.6. The number of likely N-dealkylation sites (tertiary alicyclic amines) is 1. The van der Waals surface area contributed by atoms with Crippen molar-refractivity contribution in [3.63, 3.8) is 0 Å². The molecule has 1 aromatic carbocycles. The number of nitrogens with one attached hydrogen (secondary N) is 1. The first-order valence-electron chi connectivity index (χ1n) is 12.2. The molecule has 32 heavy (non-hydrogen) atoms. The third-order valence-corrected chi connectivity index (χ3v) is 6.99. The molecule has 0 atom stereocenters. The summed E-state index contributed by atoms with van der Waals surface area (Å²) >= 11 is 0. The number of hydrogen-bond acceptors (Lipinski definition) is 6. The zero-order valence-electron chi connectivity index (χ0n) is 19.5. The normalized spacial score (nSPS) is 21.2. The number of rotatable bonds is 7. The Balaban J connectivity index is 1.16. The number of carbonyl (C=O) groups excluding carboxylic acids is 2. The zero-order valence-corrected chi connectivity index (χ0v) is 19.5. The summed E-state index contributed by atoms with van der Waals surface area (Å²) in [5.74, 6) is 0.278. The van der Waals surface area contributed by atoms with Gasteiger partial charge in [0.1, 0.15) is 0 Å². The number of amides is 2. The molecular weight excluding hydrogens is 404 g/mol. The second kappa shape index (κ2) is 11.1. The Hall–Kier alpha value is -2.16. The van der Waals surface area contributed by atoms with Gasteiger partial charge in [-0.3, -0.25) is 19.4 Å². The van der Waals surface area contributed by atoms with Gasteiger partial charge in [0.05, 0.1) is 13.1 Å². The quantitative estimate of drug-likeness (QED) is 0.680. The number of anilines is 2. The molecule has 0 radical (unpaired) electrons. The van der Waals surface area contributed by atoms with Gasteiger partial charge in [0.2, 0.25) is 11.8 Å². The molecule has 3 aliphatic heterocycles. The maximum Gasteiger partial charge on any atom is 0.238 e. The Morgan fingerprint density at radius 1 is 0.750 bits per heavy atom. The molecule has 176 valence electrons. The highest BCUT2D eigenvalue weighted by Crippen LogP contribution is 2.19. The summed E-state index contributed by atoms with van der Waals surface area (Å²) in [6.45, 7) is 13.7. The van der Waals surface area contributed by atoms with Gasteiger partial charge in [0, 0.05) is 76.8 Å². The molecule has 3 fully saturated rings. The SMILES string of the molecule is CCN1CCN(c2ccc(NC(=O)CN3CCN(CC(=O)N4CCCC4)CC3)cc2)CC1. The standard InChI is InChI=1S/C24H38N6O2/c1-2-26-15-17-29(18-16-26)22-7-5-21(6-8-22)25-23(31)19-27-11-13-28(14-12-27)20-24(32)30-9-3-4-10-30/h5-8H,2-4,9-20H2,1H3,(H,25,31). The predicted octanol–water partition coefficient (Wildman–Crippen LogP) is 1.01. The Morgan fingerprint density at radius 3 is 1.91 bits per heavy atom. The highest BCUT2D eigenvalue weighted by atomic mass is 16.2. The third kappa shape index (κ3) is 6.21. The summed E-state index contributed by atoms with van der Waals surface area (Å²) in [6, 6.07) is 8.21. The van der Waals surface area contributed by atoms with Crippen LogP contribution < -0.4 is 10.2 Å². The Morgan fingerprint density at radius 2 is 1.31 bits per heavy atom. The highest BCUT2D eigenvalue weighted by Gasteiger charge is 2.24. The topological polar surface area (TPSA) is 62.4 Å². The van der Waals surface area contributed by atoms with Crippen LogP contribution in [0.2, 0.25) is 0 Å². The summed E-state index contributed by atoms with van der Waals surface area (Å²) < 4.78 is 0. The van der Waals surface area contributed by atoms with Crippen molar-refractivity contribution in [1.82, 2.24) is 19.6 Å². The maximum atomic E-state index is 12.5. The Bertz CT molecular complexity index is 748. The molecule has 3 aliphatic rings. The van der Waals surface area contributed by atoms with Crippen LogP contribution in [-0.4, -0.2) is 116 Å². The van der Waals surface area contributed by atoms with Crippen molar-refractivity contribution < 1.29 is 9.59 Å². The molecule has 0 aliphatic carbocycles. The molecule has 0 unspecified atom stereocenters. The van der Waals surface area contributed by atoms with Gasteiger partial charge in [-0.2, -0.15) is 0 Å². The lowest BCUT2D eigenvalue weighted by Crippen LogP contribution is -2.51. The van der Waals surface area contributed by atoms with E-state index < -0.39 is 0 Å². The minimum atomic E-state index is 0.0240. The second-order valence-corrected chi connectivity index (χ2v) is 9.16. The van der Waals surface area contributed by atoms with Gasteiger partial charge in [-0.1, -0.05) is 6.92 Å². The van der Waals surface area contributed by atoms with E-state index in [1.165, 1.54) is 5.69 Å². The molecule has 0 saturated carbocycles. The molecule has 2 amide bonds. The number of hydrogen-bond donors (Lipinski definition) is 1. The van der Waals surface area contributed by atoms with Gasteiger partial charge in [-0.15, -0.1) is 0 Å². The van der Waals surface area contributed by atoms with E-state index in [1.807, 2.05) is 17.0 Å². The molecule has 3 saturated heterocycles. The molecule has 8 nitrogen and oxygen atoms in total. The van der Waals surface area contributed by atoms with E-state index in [4.69, 9.17) is 0 Å². The molecule has 1 N–H and O–H groups in total. The molecule has 0 bridgehead atoms. The molecule has 0 spiro atoms. The number of benzene rings is 1. The van der Waals surface area contributed by atoms with Crippen LogP contribution >= 0.6 is 0 Å². The van der Waals surface area contributed by atoms with Crippen molar-refractivity contribution >= 4 is 23.2 Å². The lowest BCUT2D eigenvalue weighted by molar-refractivity contribution is -0.132. The van der Waals surface area contributed by atoms with Crippen molar-refractivity contribution in [3.05, 3.63) is 24.3 Å². The Kier molecular flexibility index (Phi) is 8.00. The van der Waals surface area contributed by atoms with Gasteiger partial charge in [0.25, 0.3) is 0 Å². The van der Waals surface area contributed by atoms with Crippen LogP contribution in [0, 0.1) is 0 Å². The van der Waals surface area contributed by atoms with Gasteiger partial charge < -0.3 is 20.0 Å². The summed E-state index contributed by atoms with van der Waals surface area (Å²) in [6.07, 6.45) is 2.26. The van der Waals surface area contributed by atoms with E-state index >= 15 is 0 Å². The van der Waals surface area contributed by atoms with E-state index in [0.29, 0.717) is 13.1 Å². The first kappa shape index (κ1) is 23.0. The van der Waals surface area contributed by atoms with Gasteiger partial charge in [0.15, 0.2) is 0 Å². The third-order valence-electron chi connectivity index (χ3n) is 6.99. The van der Waals surface area contributed by atoms with Crippen LogP contribution in [0.5, 0.6) is 0 Å². The fourth-order valence-corrected chi connectivity index (χ4v) is 4.84. The van der Waals surface area contributed by atoms with E-state index in [2.05, 4.69) is 44.0 Å². The van der Waals surface area contributed by atoms with Crippen molar-refractivity contribution in [3.8, 4) is 0 Å². The van der Waals surface area contributed by atoms with E-state index in [9.17, 15) is 9.59 Å². The monoisotopic (exact) mass is 442 g/mol. The molecule has 0 aromatic heterocycles. The van der Waals surface area contributed by atoms with Gasteiger partial charge in [-0.25, -0.2) is 0 Å². The average molecular weight is 443 g/mol. The summed E-state index contributed by atoms with van der Waals surface area (Å²) in [7, 11) is 0. The predicted molar refractivity (Wildman–Crippen MR) is 128 cm³/mol. The van der Waals surface area contributed by atoms with E-state index in [-0.39, 0.29) is 11.8 Å². The minimum Gasteiger partial charge on any atom is -0.369 e. The largest absolute Gasteiger partial charge is 0.369 e. The van der Waals surface area contributed by atoms with Crippen LogP contribution in [0.3, 0.4) is 0 Å². The van der Waals surface area contributed by atoms with Crippen molar-refractivity contribution in [1.29, 1.82) is 0 Å². The van der Waals surface area contributed by atoms with E-state index in [1.54, 1.807) is 0 Å². The number of nitrogens with zero attached hydrogens (tertiary/aromatic N) is 5. The van der Waals surface area contributed by atoms with Crippen molar-refractivity contribution in [2.75, 3.05) is 95.3 Å². The average Bonchev–Trinajstić information content (AvgIpc) is 3.36. The number of piperazine rings is 2. The van der Waals surface area contributed by atoms with Crippen molar-refractivity contribution in [2.45, 2.75) is 19.8 Å². The smallest absolute Gasteiger partial charge is 0.238 e. The zero-order chi connectivity index (χ0) is 22.3. The molecule has 1 aromatic rings. The molecule has 3 heterocycles. The fraction of sp³-hybridized carbons (Fsp3) is 0.667. The van der Waals surface area contributed by atoms with Crippen LogP contribution in [-0.2, 0) is 9.59 Å². The summed E-state index contributed by atoms with van der Waals surface area (Å²) in [5.41, 5.74) is 2.07. The first-order valence-corrected chi connectivity index (χ1v) is 12.2. The number of likely N-dealkylation sites (N-methyl/N-ethyl adjacent to an activating group) is 1. The highest BCUT2D eigenvalue weighted by molar-refractivity contribution is 5.92. The Labute approximate surface area is 192 Å². The molecular formula is C24H38N6O2. The van der Waals surface area contributed by atoms with Gasteiger partial charge >= 0.3 is 0 Å². The summed E-state index contributed by atoms with van der Waals surface area (Å²) in [4.78, 5) is 36.1. The second-order valence-electron chi connectivity index (χ2n) is 9.16. The summed E-state index contributed by atoms with van der Waals surface area (Å²) in [5, 5.41) is 3.03.